The second kappa shape index (κ2) is 6.60. The zero-order valence-corrected chi connectivity index (χ0v) is 14.3. The quantitative estimate of drug-likeness (QED) is 0.887. The van der Waals surface area contributed by atoms with Crippen molar-refractivity contribution in [1.82, 2.24) is 19.4 Å². The minimum atomic E-state index is -3.35. The minimum absolute atomic E-state index is 0.0423. The van der Waals surface area contributed by atoms with Crippen LogP contribution in [0.3, 0.4) is 0 Å². The molecule has 2 saturated heterocycles. The molecule has 0 radical (unpaired) electrons. The van der Waals surface area contributed by atoms with Crippen LogP contribution in [0.15, 0.2) is 12.3 Å². The second-order valence-corrected chi connectivity index (χ2v) is 8.46. The molecule has 8 heteroatoms. The van der Waals surface area contributed by atoms with E-state index in [4.69, 9.17) is 0 Å². The van der Waals surface area contributed by atoms with Gasteiger partial charge in [-0.1, -0.05) is 6.42 Å². The topological polar surface area (TPSA) is 86.4 Å². The van der Waals surface area contributed by atoms with Crippen molar-refractivity contribution in [2.75, 3.05) is 25.9 Å². The number of likely N-dealkylation sites (tertiary alicyclic amines) is 1. The first-order valence-corrected chi connectivity index (χ1v) is 10.1. The fourth-order valence-electron chi connectivity index (χ4n) is 3.68. The van der Waals surface area contributed by atoms with Crippen molar-refractivity contribution in [1.29, 1.82) is 0 Å². The number of amides is 1. The average molecular weight is 340 g/mol. The Kier molecular flexibility index (Phi) is 4.72. The maximum atomic E-state index is 12.9. The number of hydrogen-bond acceptors (Lipinski definition) is 4. The molecule has 1 aromatic heterocycles. The third kappa shape index (κ3) is 3.58. The van der Waals surface area contributed by atoms with E-state index in [0.29, 0.717) is 26.1 Å². The number of nitrogens with zero attached hydrogens (tertiary/aromatic N) is 3. The number of carbonyl (C=O) groups is 1. The lowest BCUT2D eigenvalue weighted by atomic mass is 9.93. The number of sulfonamides is 1. The first-order valence-electron chi connectivity index (χ1n) is 8.21. The molecule has 0 bridgehead atoms. The largest absolute Gasteiger partial charge is 0.341 e. The lowest BCUT2D eigenvalue weighted by Gasteiger charge is -2.39. The van der Waals surface area contributed by atoms with E-state index in [0.717, 1.165) is 31.4 Å². The number of aromatic nitrogens is 2. The van der Waals surface area contributed by atoms with Gasteiger partial charge >= 0.3 is 0 Å². The number of hydrogen-bond donors (Lipinski definition) is 1. The molecule has 1 amide bonds. The standard InChI is InChI=1S/C15H24N4O3S/c1-23(21,22)19-10-3-2-6-14(19)15(20)18-9-4-5-12(11-18)13-7-8-16-17-13/h7-8,12,14H,2-6,9-11H2,1H3,(H,16,17)/t12-,14-/m0/s1. The highest BCUT2D eigenvalue weighted by molar-refractivity contribution is 7.88. The van der Waals surface area contributed by atoms with Crippen LogP contribution in [-0.2, 0) is 14.8 Å². The molecular formula is C15H24N4O3S. The Bertz CT molecular complexity index is 644. The van der Waals surface area contributed by atoms with Gasteiger partial charge in [-0.3, -0.25) is 9.89 Å². The molecule has 0 aromatic carbocycles. The van der Waals surface area contributed by atoms with Crippen molar-refractivity contribution in [2.24, 2.45) is 0 Å². The Morgan fingerprint density at radius 1 is 1.26 bits per heavy atom. The van der Waals surface area contributed by atoms with Crippen molar-refractivity contribution in [3.8, 4) is 0 Å². The van der Waals surface area contributed by atoms with Gasteiger partial charge in [0.05, 0.1) is 6.26 Å². The van der Waals surface area contributed by atoms with E-state index in [1.54, 1.807) is 6.20 Å². The van der Waals surface area contributed by atoms with E-state index in [2.05, 4.69) is 10.2 Å². The van der Waals surface area contributed by atoms with Crippen molar-refractivity contribution < 1.29 is 13.2 Å². The lowest BCUT2D eigenvalue weighted by molar-refractivity contribution is -0.137. The molecule has 2 fully saturated rings. The molecule has 0 spiro atoms. The van der Waals surface area contributed by atoms with E-state index in [1.165, 1.54) is 10.6 Å². The summed E-state index contributed by atoms with van der Waals surface area (Å²) in [6, 6.07) is 1.42. The lowest BCUT2D eigenvalue weighted by Crippen LogP contribution is -2.54. The number of piperidine rings is 2. The number of nitrogens with one attached hydrogen (secondary N) is 1. The van der Waals surface area contributed by atoms with E-state index in [1.807, 2.05) is 11.0 Å². The zero-order valence-electron chi connectivity index (χ0n) is 13.4. The highest BCUT2D eigenvalue weighted by atomic mass is 32.2. The van der Waals surface area contributed by atoms with Crippen molar-refractivity contribution in [3.63, 3.8) is 0 Å². The Hall–Kier alpha value is -1.41. The molecular weight excluding hydrogens is 316 g/mol. The number of carbonyl (C=O) groups excluding carboxylic acids is 1. The van der Waals surface area contributed by atoms with Crippen LogP contribution >= 0.6 is 0 Å². The smallest absolute Gasteiger partial charge is 0.241 e. The molecule has 3 heterocycles. The highest BCUT2D eigenvalue weighted by Crippen LogP contribution is 2.28. The third-order valence-electron chi connectivity index (χ3n) is 4.86. The average Bonchev–Trinajstić information content (AvgIpc) is 3.08. The SMILES string of the molecule is CS(=O)(=O)N1CCCC[C@H]1C(=O)N1CCC[C@H](c2ccn[nH]2)C1. The van der Waals surface area contributed by atoms with E-state index in [-0.39, 0.29) is 11.8 Å². The normalized spacial score (nSPS) is 27.1. The maximum absolute atomic E-state index is 12.9. The summed E-state index contributed by atoms with van der Waals surface area (Å²) in [5.41, 5.74) is 1.05. The molecule has 0 aliphatic carbocycles. The molecule has 7 nitrogen and oxygen atoms in total. The van der Waals surface area contributed by atoms with Crippen LogP contribution in [-0.4, -0.2) is 65.7 Å². The molecule has 2 atom stereocenters. The van der Waals surface area contributed by atoms with Crippen LogP contribution < -0.4 is 0 Å². The Morgan fingerprint density at radius 3 is 2.78 bits per heavy atom. The van der Waals surface area contributed by atoms with Crippen LogP contribution in [0.1, 0.15) is 43.7 Å². The summed E-state index contributed by atoms with van der Waals surface area (Å²) in [5.74, 6) is 0.213. The van der Waals surface area contributed by atoms with Crippen molar-refractivity contribution in [3.05, 3.63) is 18.0 Å². The second-order valence-electron chi connectivity index (χ2n) is 6.52. The van der Waals surface area contributed by atoms with Gasteiger partial charge in [0.15, 0.2) is 0 Å². The molecule has 23 heavy (non-hydrogen) atoms. The van der Waals surface area contributed by atoms with Crippen LogP contribution in [0.4, 0.5) is 0 Å². The van der Waals surface area contributed by atoms with Gasteiger partial charge in [0.25, 0.3) is 0 Å². The van der Waals surface area contributed by atoms with Crippen LogP contribution in [0.2, 0.25) is 0 Å². The van der Waals surface area contributed by atoms with Crippen LogP contribution in [0.5, 0.6) is 0 Å². The molecule has 3 rings (SSSR count). The van der Waals surface area contributed by atoms with Crippen LogP contribution in [0.25, 0.3) is 0 Å². The fraction of sp³-hybridized carbons (Fsp3) is 0.733. The fourth-order valence-corrected chi connectivity index (χ4v) is 4.80. The molecule has 0 saturated carbocycles. The van der Waals surface area contributed by atoms with Gasteiger partial charge in [-0.25, -0.2) is 8.42 Å². The number of rotatable bonds is 3. The van der Waals surface area contributed by atoms with Gasteiger partial charge in [-0.2, -0.15) is 9.40 Å². The summed E-state index contributed by atoms with van der Waals surface area (Å²) in [6.07, 6.45) is 7.23. The Balaban J connectivity index is 1.73. The summed E-state index contributed by atoms with van der Waals surface area (Å²) in [4.78, 5) is 14.8. The van der Waals surface area contributed by atoms with E-state index >= 15 is 0 Å². The van der Waals surface area contributed by atoms with Gasteiger partial charge in [0, 0.05) is 37.4 Å². The van der Waals surface area contributed by atoms with Crippen molar-refractivity contribution >= 4 is 15.9 Å². The summed E-state index contributed by atoms with van der Waals surface area (Å²) < 4.78 is 25.3. The van der Waals surface area contributed by atoms with Gasteiger partial charge < -0.3 is 4.90 Å². The predicted molar refractivity (Wildman–Crippen MR) is 86.3 cm³/mol. The summed E-state index contributed by atoms with van der Waals surface area (Å²) in [7, 11) is -3.35. The molecule has 0 unspecified atom stereocenters. The highest BCUT2D eigenvalue weighted by Gasteiger charge is 2.38. The first kappa shape index (κ1) is 16.4. The molecule has 1 N–H and O–H groups in total. The Labute approximate surface area is 137 Å². The van der Waals surface area contributed by atoms with E-state index < -0.39 is 16.1 Å². The molecule has 1 aromatic rings. The summed E-state index contributed by atoms with van der Waals surface area (Å²) in [5, 5.41) is 6.97. The van der Waals surface area contributed by atoms with Gasteiger partial charge in [-0.05, 0) is 31.7 Å². The zero-order chi connectivity index (χ0) is 16.4. The number of aromatic amines is 1. The summed E-state index contributed by atoms with van der Waals surface area (Å²) >= 11 is 0. The van der Waals surface area contributed by atoms with Gasteiger partial charge in [0.1, 0.15) is 6.04 Å². The maximum Gasteiger partial charge on any atom is 0.241 e. The molecule has 128 valence electrons. The Morgan fingerprint density at radius 2 is 2.09 bits per heavy atom. The predicted octanol–water partition coefficient (Wildman–Crippen LogP) is 0.930. The van der Waals surface area contributed by atoms with E-state index in [9.17, 15) is 13.2 Å². The van der Waals surface area contributed by atoms with Crippen molar-refractivity contribution in [2.45, 2.75) is 44.1 Å². The number of H-pyrrole nitrogens is 1. The minimum Gasteiger partial charge on any atom is -0.341 e. The van der Waals surface area contributed by atoms with Crippen LogP contribution in [0, 0.1) is 0 Å². The summed E-state index contributed by atoms with van der Waals surface area (Å²) in [6.45, 7) is 1.79. The van der Waals surface area contributed by atoms with Gasteiger partial charge in [-0.15, -0.1) is 0 Å². The third-order valence-corrected chi connectivity index (χ3v) is 6.15. The molecule has 2 aliphatic rings. The first-order chi connectivity index (χ1) is 11.0. The van der Waals surface area contributed by atoms with Gasteiger partial charge in [0.2, 0.25) is 15.9 Å². The molecule has 2 aliphatic heterocycles. The monoisotopic (exact) mass is 340 g/mol.